The first-order chi connectivity index (χ1) is 13.9. The van der Waals surface area contributed by atoms with Gasteiger partial charge in [0.2, 0.25) is 0 Å². The van der Waals surface area contributed by atoms with Crippen molar-refractivity contribution in [3.05, 3.63) is 51.0 Å². The van der Waals surface area contributed by atoms with Crippen LogP contribution in [0.2, 0.25) is 0 Å². The van der Waals surface area contributed by atoms with Crippen LogP contribution in [0.15, 0.2) is 33.7 Å². The van der Waals surface area contributed by atoms with E-state index in [-0.39, 0.29) is 21.6 Å². The fourth-order valence-corrected chi connectivity index (χ4v) is 4.10. The quantitative estimate of drug-likeness (QED) is 0.622. The molecule has 30 heavy (non-hydrogen) atoms. The van der Waals surface area contributed by atoms with E-state index in [1.807, 2.05) is 43.2 Å². The highest BCUT2D eigenvalue weighted by atomic mass is 79.9. The highest BCUT2D eigenvalue weighted by Crippen LogP contribution is 2.32. The lowest BCUT2D eigenvalue weighted by Gasteiger charge is -2.21. The Morgan fingerprint density at radius 3 is 2.50 bits per heavy atom. The lowest BCUT2D eigenvalue weighted by molar-refractivity contribution is -0.137. The lowest BCUT2D eigenvalue weighted by atomic mass is 9.92. The second-order valence-corrected chi connectivity index (χ2v) is 9.44. The van der Waals surface area contributed by atoms with Gasteiger partial charge in [0.05, 0.1) is 18.2 Å². The summed E-state index contributed by atoms with van der Waals surface area (Å²) in [6.07, 6.45) is -2.64. The van der Waals surface area contributed by atoms with Crippen LogP contribution in [0, 0.1) is 0 Å². The van der Waals surface area contributed by atoms with E-state index < -0.39 is 17.6 Å². The average Bonchev–Trinajstić information content (AvgIpc) is 3.23. The maximum atomic E-state index is 13.1. The topological polar surface area (TPSA) is 48.5 Å². The molecule has 0 spiro atoms. The predicted molar refractivity (Wildman–Crippen MR) is 110 cm³/mol. The van der Waals surface area contributed by atoms with Gasteiger partial charge in [-0.3, -0.25) is 14.2 Å². The number of benzene rings is 1. The van der Waals surface area contributed by atoms with E-state index >= 15 is 0 Å². The van der Waals surface area contributed by atoms with Gasteiger partial charge in [-0.1, -0.05) is 36.7 Å². The summed E-state index contributed by atoms with van der Waals surface area (Å²) in [5, 5.41) is 0. The van der Waals surface area contributed by atoms with Gasteiger partial charge in [0.1, 0.15) is 0 Å². The summed E-state index contributed by atoms with van der Waals surface area (Å²) < 4.78 is 49.1. The van der Waals surface area contributed by atoms with Gasteiger partial charge in [-0.15, -0.1) is 0 Å². The summed E-state index contributed by atoms with van der Waals surface area (Å²) >= 11 is 3.05. The summed E-state index contributed by atoms with van der Waals surface area (Å²) in [6.45, 7) is 7.37. The van der Waals surface area contributed by atoms with Crippen molar-refractivity contribution in [1.29, 1.82) is 0 Å². The molecule has 1 saturated heterocycles. The Labute approximate surface area is 181 Å². The number of aromatic nitrogens is 2. The predicted octanol–water partition coefficient (Wildman–Crippen LogP) is 4.83. The Morgan fingerprint density at radius 2 is 1.93 bits per heavy atom. The van der Waals surface area contributed by atoms with E-state index in [1.165, 1.54) is 6.07 Å². The van der Waals surface area contributed by atoms with E-state index in [2.05, 4.69) is 20.9 Å². The maximum Gasteiger partial charge on any atom is 0.416 e. The summed E-state index contributed by atoms with van der Waals surface area (Å²) in [6, 6.07) is 4.93. The molecule has 2 heterocycles. The third-order valence-corrected chi connectivity index (χ3v) is 5.56. The molecule has 1 amide bonds. The zero-order chi connectivity index (χ0) is 22.3. The van der Waals surface area contributed by atoms with E-state index in [0.29, 0.717) is 18.6 Å². The first kappa shape index (κ1) is 22.8. The highest BCUT2D eigenvalue weighted by Gasteiger charge is 2.31. The number of ether oxygens (including phenoxy) is 1. The molecule has 1 aliphatic rings. The molecule has 0 radical (unpaired) electrons. The van der Waals surface area contributed by atoms with E-state index in [9.17, 15) is 18.0 Å². The van der Waals surface area contributed by atoms with Gasteiger partial charge >= 0.3 is 6.18 Å². The molecule has 0 aliphatic carbocycles. The third kappa shape index (κ3) is 5.06. The molecule has 1 fully saturated rings. The van der Waals surface area contributed by atoms with Crippen molar-refractivity contribution in [1.82, 2.24) is 9.36 Å². The van der Waals surface area contributed by atoms with Crippen LogP contribution in [0.25, 0.3) is 0 Å². The number of nitrogens with zero attached hydrogens (tertiary/aromatic N) is 3. The maximum absolute atomic E-state index is 13.1. The molecule has 9 heteroatoms. The number of hydrogen-bond acceptors (Lipinski definition) is 2. The van der Waals surface area contributed by atoms with Crippen molar-refractivity contribution in [3.63, 3.8) is 0 Å². The van der Waals surface area contributed by atoms with Gasteiger partial charge in [-0.2, -0.15) is 18.2 Å². The van der Waals surface area contributed by atoms with Gasteiger partial charge in [-0.25, -0.2) is 0 Å². The first-order valence-corrected chi connectivity index (χ1v) is 10.5. The Hall–Kier alpha value is -1.87. The zero-order valence-electron chi connectivity index (χ0n) is 17.4. The summed E-state index contributed by atoms with van der Waals surface area (Å²) in [7, 11) is 1.89. The second-order valence-electron chi connectivity index (χ2n) is 8.52. The van der Waals surface area contributed by atoms with Crippen molar-refractivity contribution in [2.75, 3.05) is 6.61 Å². The molecular weight excluding hydrogens is 463 g/mol. The van der Waals surface area contributed by atoms with Crippen molar-refractivity contribution in [2.45, 2.75) is 57.9 Å². The molecule has 0 saturated carbocycles. The van der Waals surface area contributed by atoms with Crippen LogP contribution in [0.3, 0.4) is 0 Å². The molecule has 1 atom stereocenters. The molecule has 164 valence electrons. The number of rotatable bonds is 3. The fourth-order valence-electron chi connectivity index (χ4n) is 3.61. The van der Waals surface area contributed by atoms with Gasteiger partial charge in [0, 0.05) is 40.9 Å². The van der Waals surface area contributed by atoms with Crippen LogP contribution >= 0.6 is 15.9 Å². The molecular formula is C21H25BrF3N3O2. The number of carbonyl (C=O) groups is 1. The molecule has 0 N–H and O–H groups in total. The molecule has 0 unspecified atom stereocenters. The minimum atomic E-state index is -4.55. The van der Waals surface area contributed by atoms with Crippen LogP contribution in [0.1, 0.15) is 55.2 Å². The van der Waals surface area contributed by atoms with Gasteiger partial charge in [0.25, 0.3) is 5.91 Å². The van der Waals surface area contributed by atoms with Crippen molar-refractivity contribution < 1.29 is 22.7 Å². The Balaban J connectivity index is 2.07. The monoisotopic (exact) mass is 487 g/mol. The largest absolute Gasteiger partial charge is 0.416 e. The molecule has 3 rings (SSSR count). The zero-order valence-corrected chi connectivity index (χ0v) is 19.0. The van der Waals surface area contributed by atoms with Crippen LogP contribution in [-0.2, 0) is 29.9 Å². The SMILES string of the molecule is Cn1c(C(C)(C)C)cc(=NC(=O)c2cc(Br)cc(C(F)(F)F)c2)n1C[C@H]1CCCO1. The smallest absolute Gasteiger partial charge is 0.376 e. The van der Waals surface area contributed by atoms with Crippen molar-refractivity contribution in [3.8, 4) is 0 Å². The molecule has 1 aromatic heterocycles. The van der Waals surface area contributed by atoms with Gasteiger partial charge in [0.15, 0.2) is 5.49 Å². The number of carbonyl (C=O) groups excluding carboxylic acids is 1. The normalized spacial score (nSPS) is 18.3. The lowest BCUT2D eigenvalue weighted by Crippen LogP contribution is -2.30. The first-order valence-electron chi connectivity index (χ1n) is 9.72. The van der Waals surface area contributed by atoms with Gasteiger partial charge < -0.3 is 4.74 Å². The van der Waals surface area contributed by atoms with Crippen LogP contribution in [0.5, 0.6) is 0 Å². The number of amides is 1. The average molecular weight is 488 g/mol. The fraction of sp³-hybridized carbons (Fsp3) is 0.524. The molecule has 1 aromatic carbocycles. The van der Waals surface area contributed by atoms with Crippen LogP contribution in [-0.4, -0.2) is 28.0 Å². The second kappa shape index (κ2) is 8.34. The Morgan fingerprint density at radius 1 is 1.23 bits per heavy atom. The third-order valence-electron chi connectivity index (χ3n) is 5.10. The number of halogens is 4. The van der Waals surface area contributed by atoms with Gasteiger partial charge in [-0.05, 0) is 31.0 Å². The van der Waals surface area contributed by atoms with E-state index in [0.717, 1.165) is 30.7 Å². The van der Waals surface area contributed by atoms with Crippen molar-refractivity contribution in [2.24, 2.45) is 12.0 Å². The van der Waals surface area contributed by atoms with Crippen LogP contribution < -0.4 is 5.49 Å². The molecule has 2 aromatic rings. The summed E-state index contributed by atoms with van der Waals surface area (Å²) in [4.78, 5) is 17.0. The summed E-state index contributed by atoms with van der Waals surface area (Å²) in [5.74, 6) is -0.728. The molecule has 0 bridgehead atoms. The number of hydrogen-bond donors (Lipinski definition) is 0. The molecule has 5 nitrogen and oxygen atoms in total. The number of alkyl halides is 3. The van der Waals surface area contributed by atoms with E-state index in [1.54, 1.807) is 0 Å². The van der Waals surface area contributed by atoms with E-state index in [4.69, 9.17) is 4.74 Å². The highest BCUT2D eigenvalue weighted by molar-refractivity contribution is 9.10. The minimum absolute atomic E-state index is 0.0168. The summed E-state index contributed by atoms with van der Waals surface area (Å²) in [5.41, 5.74) is 0.129. The van der Waals surface area contributed by atoms with Crippen molar-refractivity contribution >= 4 is 21.8 Å². The Bertz CT molecular complexity index is 1010. The van der Waals surface area contributed by atoms with Crippen LogP contribution in [0.4, 0.5) is 13.2 Å². The standard InChI is InChI=1S/C21H25BrF3N3O2/c1-20(2,3)17-11-18(28(27(17)4)12-16-6-5-7-30-16)26-19(29)13-8-14(21(23,24)25)10-15(22)9-13/h8-11,16H,5-7,12H2,1-4H3/t16-/m1/s1. The minimum Gasteiger partial charge on any atom is -0.376 e. The Kier molecular flexibility index (Phi) is 6.34. The molecule has 1 aliphatic heterocycles.